The average molecular weight is 287 g/mol. The van der Waals surface area contributed by atoms with Crippen LogP contribution >= 0.6 is 0 Å². The van der Waals surface area contributed by atoms with Crippen LogP contribution in [0.15, 0.2) is 36.3 Å². The standard InChI is InChI=1S/C11H13NO4S2/c1-4-9-6-7-11(10(5-2)8-9)18(15,16)12-17(3,13)14/h4-8,12H,1-2H2,3H3. The predicted octanol–water partition coefficient (Wildman–Crippen LogP) is 1.21. The van der Waals surface area contributed by atoms with E-state index in [9.17, 15) is 16.8 Å². The molecule has 0 aliphatic carbocycles. The van der Waals surface area contributed by atoms with E-state index >= 15 is 0 Å². The van der Waals surface area contributed by atoms with Gasteiger partial charge in [0.05, 0.1) is 11.2 Å². The zero-order chi connectivity index (χ0) is 14.0. The zero-order valence-electron chi connectivity index (χ0n) is 9.75. The second-order valence-corrected chi connectivity index (χ2v) is 7.22. The van der Waals surface area contributed by atoms with Crippen molar-refractivity contribution in [1.29, 1.82) is 0 Å². The van der Waals surface area contributed by atoms with Crippen LogP contribution in [-0.4, -0.2) is 23.1 Å². The number of rotatable bonds is 5. The largest absolute Gasteiger partial charge is 0.254 e. The summed E-state index contributed by atoms with van der Waals surface area (Å²) in [6.45, 7) is 7.06. The quantitative estimate of drug-likeness (QED) is 0.882. The first kappa shape index (κ1) is 14.6. The molecule has 7 heteroatoms. The minimum Gasteiger partial charge on any atom is -0.212 e. The van der Waals surface area contributed by atoms with Gasteiger partial charge in [0.25, 0.3) is 10.0 Å². The van der Waals surface area contributed by atoms with Crippen molar-refractivity contribution in [3.63, 3.8) is 0 Å². The molecule has 0 saturated carbocycles. The molecule has 1 rings (SSSR count). The zero-order valence-corrected chi connectivity index (χ0v) is 11.4. The first-order valence-corrected chi connectivity index (χ1v) is 8.19. The molecule has 1 N–H and O–H groups in total. The molecule has 0 bridgehead atoms. The minimum atomic E-state index is -4.13. The first-order chi connectivity index (χ1) is 8.19. The molecule has 0 fully saturated rings. The highest BCUT2D eigenvalue weighted by molar-refractivity contribution is 8.04. The van der Waals surface area contributed by atoms with Gasteiger partial charge in [0.2, 0.25) is 10.0 Å². The number of sulfonamides is 2. The Bertz CT molecular complexity index is 688. The topological polar surface area (TPSA) is 80.3 Å². The Hall–Kier alpha value is -1.44. The highest BCUT2D eigenvalue weighted by Gasteiger charge is 2.21. The smallest absolute Gasteiger partial charge is 0.212 e. The molecule has 5 nitrogen and oxygen atoms in total. The summed E-state index contributed by atoms with van der Waals surface area (Å²) < 4.78 is 47.3. The van der Waals surface area contributed by atoms with Gasteiger partial charge in [-0.3, -0.25) is 0 Å². The fraction of sp³-hybridized carbons (Fsp3) is 0.0909. The van der Waals surface area contributed by atoms with Crippen LogP contribution in [0.2, 0.25) is 0 Å². The van der Waals surface area contributed by atoms with Crippen molar-refractivity contribution >= 4 is 32.2 Å². The number of hydrogen-bond acceptors (Lipinski definition) is 4. The van der Waals surface area contributed by atoms with Gasteiger partial charge >= 0.3 is 0 Å². The molecule has 1 aromatic rings. The Morgan fingerprint density at radius 2 is 1.72 bits per heavy atom. The summed E-state index contributed by atoms with van der Waals surface area (Å²) in [6.07, 6.45) is 3.66. The van der Waals surface area contributed by atoms with Crippen LogP contribution < -0.4 is 4.13 Å². The molecule has 0 saturated heterocycles. The molecule has 98 valence electrons. The van der Waals surface area contributed by atoms with E-state index < -0.39 is 20.0 Å². The third-order valence-electron chi connectivity index (χ3n) is 2.04. The van der Waals surface area contributed by atoms with E-state index in [1.165, 1.54) is 18.2 Å². The van der Waals surface area contributed by atoms with Crippen molar-refractivity contribution in [2.75, 3.05) is 6.26 Å². The van der Waals surface area contributed by atoms with Gasteiger partial charge in [0, 0.05) is 0 Å². The summed E-state index contributed by atoms with van der Waals surface area (Å²) in [5, 5.41) is 0. The molecule has 0 heterocycles. The van der Waals surface area contributed by atoms with Crippen molar-refractivity contribution < 1.29 is 16.8 Å². The minimum absolute atomic E-state index is 0.145. The third kappa shape index (κ3) is 3.52. The van der Waals surface area contributed by atoms with Crippen molar-refractivity contribution in [2.45, 2.75) is 4.90 Å². The Morgan fingerprint density at radius 3 is 2.17 bits per heavy atom. The summed E-state index contributed by atoms with van der Waals surface area (Å²) in [6, 6.07) is 4.38. The summed E-state index contributed by atoms with van der Waals surface area (Å²) >= 11 is 0. The average Bonchev–Trinajstić information content (AvgIpc) is 2.24. The highest BCUT2D eigenvalue weighted by Crippen LogP contribution is 2.19. The summed E-state index contributed by atoms with van der Waals surface area (Å²) in [5.41, 5.74) is 1.02. The number of nitrogens with one attached hydrogen (secondary N) is 1. The fourth-order valence-electron chi connectivity index (χ4n) is 1.34. The Labute approximate surface area is 107 Å². The molecule has 1 aromatic carbocycles. The monoisotopic (exact) mass is 287 g/mol. The van der Waals surface area contributed by atoms with Crippen molar-refractivity contribution in [3.05, 3.63) is 42.5 Å². The summed E-state index contributed by atoms with van der Waals surface area (Å²) in [5.74, 6) is 0. The normalized spacial score (nSPS) is 12.1. The second kappa shape index (κ2) is 5.05. The van der Waals surface area contributed by atoms with E-state index in [1.807, 2.05) is 0 Å². The van der Waals surface area contributed by atoms with Gasteiger partial charge in [-0.1, -0.05) is 31.4 Å². The lowest BCUT2D eigenvalue weighted by atomic mass is 10.1. The van der Waals surface area contributed by atoms with Crippen LogP contribution in [0.4, 0.5) is 0 Å². The van der Waals surface area contributed by atoms with Crippen LogP contribution in [-0.2, 0) is 20.0 Å². The first-order valence-electron chi connectivity index (χ1n) is 4.82. The molecule has 0 aromatic heterocycles. The highest BCUT2D eigenvalue weighted by atomic mass is 32.3. The lowest BCUT2D eigenvalue weighted by molar-refractivity contribution is 0.580. The summed E-state index contributed by atoms with van der Waals surface area (Å²) in [4.78, 5) is -0.145. The second-order valence-electron chi connectivity index (χ2n) is 3.56. The lowest BCUT2D eigenvalue weighted by Crippen LogP contribution is -2.30. The molecule has 0 aliphatic rings. The molecular formula is C11H13NO4S2. The molecule has 0 amide bonds. The molecule has 0 spiro atoms. The summed E-state index contributed by atoms with van der Waals surface area (Å²) in [7, 11) is -7.99. The number of benzene rings is 1. The van der Waals surface area contributed by atoms with Gasteiger partial charge in [-0.25, -0.2) is 16.8 Å². The molecule has 0 aliphatic heterocycles. The van der Waals surface area contributed by atoms with Crippen LogP contribution in [0.5, 0.6) is 0 Å². The maximum absolute atomic E-state index is 11.9. The van der Waals surface area contributed by atoms with Crippen molar-refractivity contribution in [1.82, 2.24) is 4.13 Å². The SMILES string of the molecule is C=Cc1ccc(S(=O)(=O)NS(C)(=O)=O)c(C=C)c1. The van der Waals surface area contributed by atoms with E-state index in [4.69, 9.17) is 0 Å². The lowest BCUT2D eigenvalue weighted by Gasteiger charge is -2.08. The van der Waals surface area contributed by atoms with Gasteiger partial charge in [-0.2, -0.15) is 0 Å². The van der Waals surface area contributed by atoms with Gasteiger partial charge < -0.3 is 0 Å². The third-order valence-corrected chi connectivity index (χ3v) is 5.08. The maximum atomic E-state index is 11.9. The Balaban J connectivity index is 3.42. The van der Waals surface area contributed by atoms with Crippen molar-refractivity contribution in [3.8, 4) is 0 Å². The van der Waals surface area contributed by atoms with E-state index in [0.717, 1.165) is 6.26 Å². The molecule has 0 unspecified atom stereocenters. The molecule has 18 heavy (non-hydrogen) atoms. The molecule has 0 radical (unpaired) electrons. The van der Waals surface area contributed by atoms with Crippen LogP contribution in [0.25, 0.3) is 12.2 Å². The van der Waals surface area contributed by atoms with E-state index in [-0.39, 0.29) is 4.90 Å². The fourth-order valence-corrected chi connectivity index (χ4v) is 4.00. The van der Waals surface area contributed by atoms with E-state index in [1.54, 1.807) is 16.3 Å². The molecular weight excluding hydrogens is 274 g/mol. The molecule has 0 atom stereocenters. The maximum Gasteiger partial charge on any atom is 0.254 e. The van der Waals surface area contributed by atoms with Crippen LogP contribution in [0.1, 0.15) is 11.1 Å². The predicted molar refractivity (Wildman–Crippen MR) is 71.8 cm³/mol. The van der Waals surface area contributed by atoms with Gasteiger partial charge in [-0.15, -0.1) is 4.13 Å². The Morgan fingerprint density at radius 1 is 1.11 bits per heavy atom. The Kier molecular flexibility index (Phi) is 4.10. The van der Waals surface area contributed by atoms with E-state index in [2.05, 4.69) is 13.2 Å². The van der Waals surface area contributed by atoms with Crippen molar-refractivity contribution in [2.24, 2.45) is 0 Å². The van der Waals surface area contributed by atoms with Gasteiger partial charge in [0.1, 0.15) is 0 Å². The van der Waals surface area contributed by atoms with Gasteiger partial charge in [0.15, 0.2) is 0 Å². The van der Waals surface area contributed by atoms with E-state index in [0.29, 0.717) is 11.1 Å². The van der Waals surface area contributed by atoms with Gasteiger partial charge in [-0.05, 0) is 23.3 Å². The van der Waals surface area contributed by atoms with Crippen LogP contribution in [0, 0.1) is 0 Å². The number of hydrogen-bond donors (Lipinski definition) is 1. The van der Waals surface area contributed by atoms with Crippen LogP contribution in [0.3, 0.4) is 0 Å².